The van der Waals surface area contributed by atoms with Crippen molar-refractivity contribution < 1.29 is 9.47 Å². The minimum Gasteiger partial charge on any atom is -0.457 e. The van der Waals surface area contributed by atoms with Gasteiger partial charge in [-0.15, -0.1) is 0 Å². The molecular formula is C112H68N6O2. The molecule has 0 N–H and O–H groups in total. The highest BCUT2D eigenvalue weighted by Gasteiger charge is 2.53. The van der Waals surface area contributed by atoms with Gasteiger partial charge < -0.3 is 9.47 Å². The Labute approximate surface area is 693 Å². The van der Waals surface area contributed by atoms with Crippen molar-refractivity contribution in [1.29, 1.82) is 0 Å². The molecule has 17 aromatic carbocycles. The van der Waals surface area contributed by atoms with Gasteiger partial charge in [-0.3, -0.25) is 0 Å². The van der Waals surface area contributed by atoms with E-state index in [0.717, 1.165) is 123 Å². The van der Waals surface area contributed by atoms with Crippen molar-refractivity contribution in [3.05, 3.63) is 478 Å². The van der Waals surface area contributed by atoms with Crippen molar-refractivity contribution in [3.63, 3.8) is 0 Å². The summed E-state index contributed by atoms with van der Waals surface area (Å²) in [5.74, 6) is 7.16. The van der Waals surface area contributed by atoms with Gasteiger partial charge in [0, 0.05) is 67.5 Å². The average Bonchev–Trinajstić information content (AvgIpc) is 1.61. The fourth-order valence-corrected chi connectivity index (χ4v) is 20.8. The maximum Gasteiger partial charge on any atom is 0.164 e. The molecule has 0 saturated carbocycles. The Hall–Kier alpha value is -15.6. The molecule has 26 rings (SSSR count). The lowest BCUT2D eigenvalue weighted by atomic mass is 9.60. The van der Waals surface area contributed by atoms with Crippen LogP contribution in [0.15, 0.2) is 400 Å². The first-order chi connectivity index (χ1) is 59.5. The molecule has 0 fully saturated rings. The summed E-state index contributed by atoms with van der Waals surface area (Å²) in [5.41, 5.74) is 35.3. The number of nitrogens with zero attached hydrogens (tertiary/aromatic N) is 6. The molecule has 120 heavy (non-hydrogen) atoms. The van der Waals surface area contributed by atoms with Crippen molar-refractivity contribution in [2.45, 2.75) is 22.7 Å². The molecule has 5 aliphatic carbocycles. The predicted octanol–water partition coefficient (Wildman–Crippen LogP) is 26.7. The summed E-state index contributed by atoms with van der Waals surface area (Å²) in [4.78, 5) is 32.0. The van der Waals surface area contributed by atoms with Crippen molar-refractivity contribution in [2.24, 2.45) is 0 Å². The molecule has 2 atom stereocenters. The van der Waals surface area contributed by atoms with Crippen molar-refractivity contribution in [3.8, 4) is 158 Å². The van der Waals surface area contributed by atoms with Crippen molar-refractivity contribution >= 4 is 0 Å². The normalized spacial score (nSPS) is 14.8. The molecule has 7 aliphatic rings. The quantitative estimate of drug-likeness (QED) is 0.134. The molecule has 8 heteroatoms. The summed E-state index contributed by atoms with van der Waals surface area (Å²) in [7, 11) is 0. The molecule has 8 nitrogen and oxygen atoms in total. The van der Waals surface area contributed by atoms with Crippen LogP contribution in [-0.2, 0) is 10.8 Å². The Morgan fingerprint density at radius 3 is 0.792 bits per heavy atom. The van der Waals surface area contributed by atoms with E-state index in [1.807, 2.05) is 36.4 Å². The first-order valence-electron chi connectivity index (χ1n) is 41.1. The van der Waals surface area contributed by atoms with E-state index in [2.05, 4.69) is 364 Å². The van der Waals surface area contributed by atoms with E-state index in [0.29, 0.717) is 34.9 Å². The highest BCUT2D eigenvalue weighted by molar-refractivity contribution is 5.95. The second-order valence-electron chi connectivity index (χ2n) is 32.1. The van der Waals surface area contributed by atoms with E-state index in [1.54, 1.807) is 0 Å². The first-order valence-corrected chi connectivity index (χ1v) is 41.1. The molecule has 2 bridgehead atoms. The number of ether oxygens (including phenoxy) is 2. The lowest BCUT2D eigenvalue weighted by Crippen LogP contribution is -2.32. The van der Waals surface area contributed by atoms with Crippen LogP contribution in [0.25, 0.3) is 135 Å². The highest BCUT2D eigenvalue weighted by Crippen LogP contribution is 2.65. The third kappa shape index (κ3) is 10.1. The lowest BCUT2D eigenvalue weighted by molar-refractivity contribution is 0.436. The third-order valence-electron chi connectivity index (χ3n) is 26.0. The summed E-state index contributed by atoms with van der Waals surface area (Å²) in [6.45, 7) is 0. The molecule has 0 amide bonds. The van der Waals surface area contributed by atoms with Gasteiger partial charge in [0.25, 0.3) is 0 Å². The molecule has 558 valence electrons. The van der Waals surface area contributed by atoms with Gasteiger partial charge in [0.1, 0.15) is 23.0 Å². The summed E-state index contributed by atoms with van der Waals surface area (Å²) >= 11 is 0. The zero-order chi connectivity index (χ0) is 78.7. The van der Waals surface area contributed by atoms with Crippen LogP contribution in [0, 0.1) is 0 Å². The number of aromatic nitrogens is 6. The van der Waals surface area contributed by atoms with E-state index in [4.69, 9.17) is 39.4 Å². The van der Waals surface area contributed by atoms with E-state index in [9.17, 15) is 0 Å². The van der Waals surface area contributed by atoms with Gasteiger partial charge in [0.15, 0.2) is 34.9 Å². The van der Waals surface area contributed by atoms with Gasteiger partial charge in [0.05, 0.1) is 10.8 Å². The average molecular weight is 1530 g/mol. The Morgan fingerprint density at radius 2 is 0.417 bits per heavy atom. The van der Waals surface area contributed by atoms with E-state index in [-0.39, 0.29) is 11.8 Å². The Bertz CT molecular complexity index is 6970. The molecule has 0 saturated heterocycles. The van der Waals surface area contributed by atoms with Gasteiger partial charge in [-0.25, -0.2) is 29.9 Å². The van der Waals surface area contributed by atoms with Crippen LogP contribution in [0.3, 0.4) is 0 Å². The maximum atomic E-state index is 6.71. The number of benzene rings is 17. The number of hydrogen-bond donors (Lipinski definition) is 0. The van der Waals surface area contributed by atoms with Gasteiger partial charge >= 0.3 is 0 Å². The second-order valence-corrected chi connectivity index (χ2v) is 32.1. The highest BCUT2D eigenvalue weighted by atomic mass is 16.5. The number of rotatable bonds is 10. The number of hydrogen-bond acceptors (Lipinski definition) is 8. The maximum absolute atomic E-state index is 6.71. The van der Waals surface area contributed by atoms with Crippen molar-refractivity contribution in [2.75, 3.05) is 0 Å². The largest absolute Gasteiger partial charge is 0.457 e. The molecule has 19 aromatic rings. The Balaban J connectivity index is 0.531. The summed E-state index contributed by atoms with van der Waals surface area (Å²) < 4.78 is 13.4. The molecule has 2 aliphatic heterocycles. The zero-order valence-electron chi connectivity index (χ0n) is 64.8. The minimum absolute atomic E-state index is 0.0553. The van der Waals surface area contributed by atoms with Crippen LogP contribution in [0.4, 0.5) is 0 Å². The van der Waals surface area contributed by atoms with Crippen LogP contribution in [-0.4, -0.2) is 29.9 Å². The lowest BCUT2D eigenvalue weighted by Gasteiger charge is -2.42. The molecule has 2 aromatic heterocycles. The third-order valence-corrected chi connectivity index (χ3v) is 26.0. The van der Waals surface area contributed by atoms with Crippen LogP contribution in [0.2, 0.25) is 0 Å². The fraction of sp³-hybridized carbons (Fsp3) is 0.0357. The van der Waals surface area contributed by atoms with E-state index in [1.165, 1.54) is 77.9 Å². The smallest absolute Gasteiger partial charge is 0.164 e. The Kier molecular flexibility index (Phi) is 14.9. The molecular weight excluding hydrogens is 1460 g/mol. The molecule has 0 radical (unpaired) electrons. The van der Waals surface area contributed by atoms with E-state index < -0.39 is 10.8 Å². The topological polar surface area (TPSA) is 95.8 Å². The zero-order valence-corrected chi connectivity index (χ0v) is 64.8. The second kappa shape index (κ2) is 26.4. The number of fused-ring (bicyclic) bond motifs is 18. The molecule has 2 unspecified atom stereocenters. The van der Waals surface area contributed by atoms with Crippen LogP contribution >= 0.6 is 0 Å². The van der Waals surface area contributed by atoms with Gasteiger partial charge in [-0.05, 0) is 171 Å². The van der Waals surface area contributed by atoms with E-state index >= 15 is 0 Å². The fourth-order valence-electron chi connectivity index (χ4n) is 20.8. The van der Waals surface area contributed by atoms with Gasteiger partial charge in [-0.2, -0.15) is 0 Å². The summed E-state index contributed by atoms with van der Waals surface area (Å²) in [6, 6.07) is 144. The standard InChI is InChI=1S/C112H68N6O2/c1-3-25-69(26-4-1)105-113-107(117-109(115-105)87-35-11-7-29-77(87)75-57-59-81-79-31-13-15-37-91(79)111(97(81)65-75)93-39-17-21-43-99(93)119-100-44-22-18-40-94(100)111)71-51-47-67(48-52-71)73-55-61-85-89(63-73)103-83-33-9-10-34-84(83)104(85)90-64-74(56-62-86(90)103)68-49-53-72(54-50-68)108-114-106(70-27-5-2-6-28-70)116-110(118-108)88-36-12-8-30-78(88)76-58-60-82-80-32-14-16-38-92(80)112(98(82)66-76)95-41-19-23-45-101(95)120-102-46-24-20-42-96(102)112/h1-66,103-104H. The van der Waals surface area contributed by atoms with Crippen LogP contribution < -0.4 is 9.47 Å². The number of para-hydroxylation sites is 4. The first kappa shape index (κ1) is 67.7. The predicted molar refractivity (Wildman–Crippen MR) is 477 cm³/mol. The summed E-state index contributed by atoms with van der Waals surface area (Å²) in [6.07, 6.45) is 0. The minimum atomic E-state index is -0.615. The van der Waals surface area contributed by atoms with Gasteiger partial charge in [-0.1, -0.05) is 352 Å². The van der Waals surface area contributed by atoms with Crippen molar-refractivity contribution in [1.82, 2.24) is 29.9 Å². The summed E-state index contributed by atoms with van der Waals surface area (Å²) in [5, 5.41) is 0. The monoisotopic (exact) mass is 1530 g/mol. The SMILES string of the molecule is c1ccc(-c2nc(-c3ccc(-c4ccc5c(c4)C4c6ccccc6C5c5cc(-c6ccc(-c7nc(-c8ccccc8)nc(-c8ccccc8-c8ccc9c(c8)C8(c%10ccccc%10Oc%10ccccc%108)c8ccccc8-9)n7)cc6)ccc54)cc3)nc(-c3ccccc3-c3ccc4c(c3)C3(c5ccccc5Oc5ccccc53)c3ccccc3-4)n2)cc1. The molecule has 2 spiro atoms. The van der Waals surface area contributed by atoms with Gasteiger partial charge in [0.2, 0.25) is 0 Å². The Morgan fingerprint density at radius 1 is 0.158 bits per heavy atom. The molecule has 4 heterocycles. The van der Waals surface area contributed by atoms with Crippen LogP contribution in [0.1, 0.15) is 89.7 Å². The van der Waals surface area contributed by atoms with Crippen LogP contribution in [0.5, 0.6) is 23.0 Å².